The first-order valence-corrected chi connectivity index (χ1v) is 4.64. The largest absolute Gasteiger partial charge is 0.469 e. The molecule has 0 saturated carbocycles. The summed E-state index contributed by atoms with van der Waals surface area (Å²) in [7, 11) is 0. The molecule has 0 aliphatic carbocycles. The molecule has 0 aliphatic rings. The third-order valence-electron chi connectivity index (χ3n) is 2.70. The second kappa shape index (κ2) is 4.44. The number of rotatable bonds is 5. The molecule has 74 valence electrons. The van der Waals surface area contributed by atoms with Crippen LogP contribution in [0.15, 0.2) is 22.8 Å². The Morgan fingerprint density at radius 1 is 1.62 bits per heavy atom. The molecule has 0 bridgehead atoms. The minimum atomic E-state index is -0.182. The molecular weight excluding hydrogens is 166 g/mol. The van der Waals surface area contributed by atoms with E-state index in [0.717, 1.165) is 12.2 Å². The SMILES string of the molecule is CCC(CN)(CCO)c1ccco1. The van der Waals surface area contributed by atoms with Gasteiger partial charge in [0, 0.05) is 18.6 Å². The van der Waals surface area contributed by atoms with E-state index in [1.807, 2.05) is 12.1 Å². The van der Waals surface area contributed by atoms with Gasteiger partial charge in [-0.3, -0.25) is 0 Å². The van der Waals surface area contributed by atoms with Gasteiger partial charge >= 0.3 is 0 Å². The van der Waals surface area contributed by atoms with Crippen molar-refractivity contribution >= 4 is 0 Å². The van der Waals surface area contributed by atoms with Crippen LogP contribution in [0, 0.1) is 0 Å². The Hall–Kier alpha value is -0.800. The molecule has 0 fully saturated rings. The van der Waals surface area contributed by atoms with Crippen molar-refractivity contribution in [3.63, 3.8) is 0 Å². The minimum absolute atomic E-state index is 0.145. The summed E-state index contributed by atoms with van der Waals surface area (Å²) in [5, 5.41) is 8.97. The van der Waals surface area contributed by atoms with Crippen LogP contribution in [0.5, 0.6) is 0 Å². The second-order valence-electron chi connectivity index (χ2n) is 3.29. The van der Waals surface area contributed by atoms with Gasteiger partial charge in [-0.2, -0.15) is 0 Å². The Kier molecular flexibility index (Phi) is 3.51. The fraction of sp³-hybridized carbons (Fsp3) is 0.600. The summed E-state index contributed by atoms with van der Waals surface area (Å²) in [5.41, 5.74) is 5.54. The Morgan fingerprint density at radius 3 is 2.77 bits per heavy atom. The first kappa shape index (κ1) is 10.3. The first-order valence-electron chi connectivity index (χ1n) is 4.64. The van der Waals surface area contributed by atoms with Gasteiger partial charge in [-0.05, 0) is 25.0 Å². The highest BCUT2D eigenvalue weighted by atomic mass is 16.3. The maximum Gasteiger partial charge on any atom is 0.111 e. The number of aliphatic hydroxyl groups excluding tert-OH is 1. The van der Waals surface area contributed by atoms with Crippen LogP contribution in [-0.4, -0.2) is 18.3 Å². The van der Waals surface area contributed by atoms with E-state index < -0.39 is 0 Å². The molecule has 0 spiro atoms. The zero-order chi connectivity index (χ0) is 9.73. The van der Waals surface area contributed by atoms with Crippen molar-refractivity contribution in [3.05, 3.63) is 24.2 Å². The molecule has 1 aromatic rings. The standard InChI is InChI=1S/C10H17NO2/c1-2-10(8-11,5-6-12)9-4-3-7-13-9/h3-4,7,12H,2,5-6,8,11H2,1H3. The van der Waals surface area contributed by atoms with Gasteiger partial charge < -0.3 is 15.3 Å². The molecule has 0 saturated heterocycles. The number of furan rings is 1. The van der Waals surface area contributed by atoms with E-state index in [1.54, 1.807) is 6.26 Å². The molecule has 13 heavy (non-hydrogen) atoms. The van der Waals surface area contributed by atoms with E-state index in [4.69, 9.17) is 15.3 Å². The third kappa shape index (κ3) is 1.92. The van der Waals surface area contributed by atoms with Crippen molar-refractivity contribution in [1.29, 1.82) is 0 Å². The lowest BCUT2D eigenvalue weighted by molar-refractivity contribution is 0.215. The molecule has 0 radical (unpaired) electrons. The maximum absolute atomic E-state index is 8.97. The Balaban J connectivity index is 2.89. The highest BCUT2D eigenvalue weighted by Gasteiger charge is 2.30. The maximum atomic E-state index is 8.97. The van der Waals surface area contributed by atoms with Gasteiger partial charge in [0.2, 0.25) is 0 Å². The van der Waals surface area contributed by atoms with Gasteiger partial charge in [0.05, 0.1) is 6.26 Å². The lowest BCUT2D eigenvalue weighted by atomic mass is 9.80. The van der Waals surface area contributed by atoms with E-state index in [1.165, 1.54) is 0 Å². The molecule has 3 heteroatoms. The van der Waals surface area contributed by atoms with Crippen LogP contribution in [0.4, 0.5) is 0 Å². The molecule has 1 heterocycles. The molecule has 0 amide bonds. The normalized spacial score (nSPS) is 15.6. The number of hydrogen-bond donors (Lipinski definition) is 2. The molecule has 0 aromatic carbocycles. The fourth-order valence-electron chi connectivity index (χ4n) is 1.62. The molecule has 3 N–H and O–H groups in total. The summed E-state index contributed by atoms with van der Waals surface area (Å²) in [6, 6.07) is 3.78. The molecule has 0 aliphatic heterocycles. The first-order chi connectivity index (χ1) is 6.29. The van der Waals surface area contributed by atoms with E-state index >= 15 is 0 Å². The lowest BCUT2D eigenvalue weighted by Gasteiger charge is -2.28. The quantitative estimate of drug-likeness (QED) is 0.722. The molecular formula is C10H17NO2. The lowest BCUT2D eigenvalue weighted by Crippen LogP contribution is -2.35. The molecule has 3 nitrogen and oxygen atoms in total. The van der Waals surface area contributed by atoms with E-state index in [9.17, 15) is 0 Å². The van der Waals surface area contributed by atoms with Crippen LogP contribution >= 0.6 is 0 Å². The van der Waals surface area contributed by atoms with Crippen molar-refractivity contribution in [2.24, 2.45) is 5.73 Å². The van der Waals surface area contributed by atoms with Crippen LogP contribution in [0.1, 0.15) is 25.5 Å². The van der Waals surface area contributed by atoms with Crippen LogP contribution < -0.4 is 5.73 Å². The number of aliphatic hydroxyl groups is 1. The Labute approximate surface area is 78.5 Å². The summed E-state index contributed by atoms with van der Waals surface area (Å²) >= 11 is 0. The smallest absolute Gasteiger partial charge is 0.111 e. The van der Waals surface area contributed by atoms with Crippen LogP contribution in [-0.2, 0) is 5.41 Å². The summed E-state index contributed by atoms with van der Waals surface area (Å²) < 4.78 is 5.34. The number of hydrogen-bond acceptors (Lipinski definition) is 3. The van der Waals surface area contributed by atoms with E-state index in [-0.39, 0.29) is 12.0 Å². The predicted octanol–water partition coefficient (Wildman–Crippen LogP) is 1.27. The van der Waals surface area contributed by atoms with Gasteiger partial charge in [-0.15, -0.1) is 0 Å². The fourth-order valence-corrected chi connectivity index (χ4v) is 1.62. The van der Waals surface area contributed by atoms with E-state index in [2.05, 4.69) is 6.92 Å². The van der Waals surface area contributed by atoms with Gasteiger partial charge in [-0.1, -0.05) is 6.92 Å². The highest BCUT2D eigenvalue weighted by Crippen LogP contribution is 2.30. The molecule has 1 rings (SSSR count). The third-order valence-corrected chi connectivity index (χ3v) is 2.70. The average Bonchev–Trinajstić information content (AvgIpc) is 2.68. The van der Waals surface area contributed by atoms with Crippen LogP contribution in [0.3, 0.4) is 0 Å². The monoisotopic (exact) mass is 183 g/mol. The Morgan fingerprint density at radius 2 is 2.38 bits per heavy atom. The van der Waals surface area contributed by atoms with Gasteiger partial charge in [0.25, 0.3) is 0 Å². The second-order valence-corrected chi connectivity index (χ2v) is 3.29. The van der Waals surface area contributed by atoms with Crippen molar-refractivity contribution in [2.45, 2.75) is 25.2 Å². The zero-order valence-electron chi connectivity index (χ0n) is 7.99. The van der Waals surface area contributed by atoms with Gasteiger partial charge in [0.1, 0.15) is 5.76 Å². The number of nitrogens with two attached hydrogens (primary N) is 1. The summed E-state index contributed by atoms with van der Waals surface area (Å²) in [6.07, 6.45) is 3.19. The van der Waals surface area contributed by atoms with Crippen molar-refractivity contribution in [2.75, 3.05) is 13.2 Å². The molecule has 1 unspecified atom stereocenters. The minimum Gasteiger partial charge on any atom is -0.469 e. The van der Waals surface area contributed by atoms with Crippen molar-refractivity contribution in [3.8, 4) is 0 Å². The van der Waals surface area contributed by atoms with Crippen molar-refractivity contribution < 1.29 is 9.52 Å². The van der Waals surface area contributed by atoms with Crippen LogP contribution in [0.25, 0.3) is 0 Å². The molecule has 1 atom stereocenters. The predicted molar refractivity (Wildman–Crippen MR) is 51.4 cm³/mol. The summed E-state index contributed by atoms with van der Waals surface area (Å²) in [5.74, 6) is 0.881. The topological polar surface area (TPSA) is 59.4 Å². The summed E-state index contributed by atoms with van der Waals surface area (Å²) in [4.78, 5) is 0. The van der Waals surface area contributed by atoms with E-state index in [0.29, 0.717) is 13.0 Å². The highest BCUT2D eigenvalue weighted by molar-refractivity contribution is 5.14. The molecule has 1 aromatic heterocycles. The van der Waals surface area contributed by atoms with Gasteiger partial charge in [0.15, 0.2) is 0 Å². The average molecular weight is 183 g/mol. The Bertz CT molecular complexity index is 227. The van der Waals surface area contributed by atoms with Gasteiger partial charge in [-0.25, -0.2) is 0 Å². The van der Waals surface area contributed by atoms with Crippen molar-refractivity contribution in [1.82, 2.24) is 0 Å². The summed E-state index contributed by atoms with van der Waals surface area (Å²) in [6.45, 7) is 2.72. The zero-order valence-corrected chi connectivity index (χ0v) is 7.99. The van der Waals surface area contributed by atoms with Crippen LogP contribution in [0.2, 0.25) is 0 Å².